The molecule has 106 valence electrons. The fraction of sp³-hybridized carbons (Fsp3) is 0.692. The molecule has 2 rings (SSSR count). The lowest BCUT2D eigenvalue weighted by Crippen LogP contribution is -2.45. The monoisotopic (exact) mass is 310 g/mol. The molecule has 5 heteroatoms. The fourth-order valence-corrected chi connectivity index (χ4v) is 3.24. The Morgan fingerprint density at radius 1 is 1.28 bits per heavy atom. The number of nitrogens with one attached hydrogen (secondary N) is 1. The topological polar surface area (TPSA) is 15.3 Å². The minimum Gasteiger partial charge on any atom is -0.314 e. The van der Waals surface area contributed by atoms with Crippen molar-refractivity contribution < 1.29 is 0 Å². The number of rotatable bonds is 4. The van der Waals surface area contributed by atoms with E-state index in [1.54, 1.807) is 0 Å². The van der Waals surface area contributed by atoms with Gasteiger partial charge in [-0.05, 0) is 23.8 Å². The molecule has 0 bridgehead atoms. The van der Waals surface area contributed by atoms with E-state index in [1.807, 2.05) is 11.3 Å². The van der Waals surface area contributed by atoms with Gasteiger partial charge in [0.1, 0.15) is 0 Å². The maximum atomic E-state index is 3.43. The zero-order valence-electron chi connectivity index (χ0n) is 11.1. The van der Waals surface area contributed by atoms with Gasteiger partial charge in [0.2, 0.25) is 0 Å². The van der Waals surface area contributed by atoms with Crippen LogP contribution in [0.3, 0.4) is 0 Å². The predicted molar refractivity (Wildman–Crippen MR) is 85.5 cm³/mol. The van der Waals surface area contributed by atoms with Crippen LogP contribution < -0.4 is 5.32 Å². The first-order chi connectivity index (χ1) is 7.77. The highest BCUT2D eigenvalue weighted by molar-refractivity contribution is 7.10. The van der Waals surface area contributed by atoms with Crippen LogP contribution in [-0.4, -0.2) is 31.1 Å². The quantitative estimate of drug-likeness (QED) is 0.914. The molecule has 18 heavy (non-hydrogen) atoms. The van der Waals surface area contributed by atoms with E-state index in [0.29, 0.717) is 6.04 Å². The summed E-state index contributed by atoms with van der Waals surface area (Å²) in [5.74, 6) is 0.766. The molecule has 0 saturated carbocycles. The highest BCUT2D eigenvalue weighted by atomic mass is 35.5. The van der Waals surface area contributed by atoms with Crippen molar-refractivity contribution in [1.82, 2.24) is 10.2 Å². The summed E-state index contributed by atoms with van der Waals surface area (Å²) < 4.78 is 0. The number of hydrogen-bond acceptors (Lipinski definition) is 3. The number of halogens is 2. The van der Waals surface area contributed by atoms with Crippen LogP contribution in [0.2, 0.25) is 0 Å². The van der Waals surface area contributed by atoms with Crippen LogP contribution in [0.5, 0.6) is 0 Å². The average molecular weight is 311 g/mol. The van der Waals surface area contributed by atoms with Crippen molar-refractivity contribution in [3.63, 3.8) is 0 Å². The standard InChI is InChI=1S/C13H22N2S.2ClH/c1-11(2)10-12(13-4-3-9-16-13)15-7-5-14-6-8-15;;/h3-4,9,11-12,14H,5-8,10H2,1-2H3;2*1H/t12-;;/m0../s1. The van der Waals surface area contributed by atoms with Crippen molar-refractivity contribution in [1.29, 1.82) is 0 Å². The van der Waals surface area contributed by atoms with Crippen LogP contribution in [0, 0.1) is 5.92 Å². The van der Waals surface area contributed by atoms with Gasteiger partial charge in [0, 0.05) is 37.1 Å². The molecule has 1 aromatic rings. The molecular formula is C13H24Cl2N2S. The van der Waals surface area contributed by atoms with Crippen molar-refractivity contribution in [2.24, 2.45) is 5.92 Å². The maximum Gasteiger partial charge on any atom is 0.0445 e. The van der Waals surface area contributed by atoms with E-state index in [2.05, 4.69) is 41.6 Å². The van der Waals surface area contributed by atoms with E-state index in [9.17, 15) is 0 Å². The van der Waals surface area contributed by atoms with Gasteiger partial charge >= 0.3 is 0 Å². The van der Waals surface area contributed by atoms with Crippen LogP contribution >= 0.6 is 36.2 Å². The molecule has 1 aliphatic rings. The fourth-order valence-electron chi connectivity index (χ4n) is 2.37. The average Bonchev–Trinajstić information content (AvgIpc) is 2.80. The Balaban J connectivity index is 0.00000144. The maximum absolute atomic E-state index is 3.43. The van der Waals surface area contributed by atoms with Crippen molar-refractivity contribution >= 4 is 36.2 Å². The summed E-state index contributed by atoms with van der Waals surface area (Å²) in [5, 5.41) is 5.63. The zero-order chi connectivity index (χ0) is 11.4. The van der Waals surface area contributed by atoms with E-state index in [4.69, 9.17) is 0 Å². The molecule has 1 fully saturated rings. The summed E-state index contributed by atoms with van der Waals surface area (Å²) in [6, 6.07) is 5.11. The van der Waals surface area contributed by atoms with E-state index < -0.39 is 0 Å². The van der Waals surface area contributed by atoms with E-state index >= 15 is 0 Å². The Kier molecular flexibility index (Phi) is 9.26. The first kappa shape index (κ1) is 18.2. The lowest BCUT2D eigenvalue weighted by molar-refractivity contribution is 0.156. The minimum atomic E-state index is 0. The molecule has 1 aromatic heterocycles. The molecule has 0 unspecified atom stereocenters. The Labute approximate surface area is 127 Å². The van der Waals surface area contributed by atoms with Crippen molar-refractivity contribution in [2.75, 3.05) is 26.2 Å². The zero-order valence-corrected chi connectivity index (χ0v) is 13.5. The summed E-state index contributed by atoms with van der Waals surface area (Å²) in [6.45, 7) is 9.30. The van der Waals surface area contributed by atoms with Crippen LogP contribution in [0.15, 0.2) is 17.5 Å². The Bertz CT molecular complexity index is 298. The second-order valence-corrected chi connectivity index (χ2v) is 5.93. The molecule has 0 spiro atoms. The second-order valence-electron chi connectivity index (χ2n) is 4.95. The minimum absolute atomic E-state index is 0. The molecule has 0 aromatic carbocycles. The van der Waals surface area contributed by atoms with Gasteiger partial charge in [-0.1, -0.05) is 19.9 Å². The van der Waals surface area contributed by atoms with E-state index in [0.717, 1.165) is 19.0 Å². The molecule has 0 radical (unpaired) electrons. The molecular weight excluding hydrogens is 287 g/mol. The van der Waals surface area contributed by atoms with Gasteiger partial charge in [-0.3, -0.25) is 4.90 Å². The predicted octanol–water partition coefficient (Wildman–Crippen LogP) is 3.58. The van der Waals surface area contributed by atoms with Crippen molar-refractivity contribution in [3.8, 4) is 0 Å². The highest BCUT2D eigenvalue weighted by Crippen LogP contribution is 2.30. The molecule has 0 aliphatic carbocycles. The molecule has 1 atom stereocenters. The van der Waals surface area contributed by atoms with Crippen LogP contribution in [0.1, 0.15) is 31.2 Å². The summed E-state index contributed by atoms with van der Waals surface area (Å²) in [6.07, 6.45) is 1.28. The number of piperazine rings is 1. The van der Waals surface area contributed by atoms with Gasteiger partial charge in [0.15, 0.2) is 0 Å². The number of thiophene rings is 1. The van der Waals surface area contributed by atoms with Gasteiger partial charge < -0.3 is 5.32 Å². The van der Waals surface area contributed by atoms with Crippen LogP contribution in [-0.2, 0) is 0 Å². The summed E-state index contributed by atoms with van der Waals surface area (Å²) in [4.78, 5) is 4.18. The third-order valence-electron chi connectivity index (χ3n) is 3.16. The van der Waals surface area contributed by atoms with Gasteiger partial charge in [0.25, 0.3) is 0 Å². The number of hydrogen-bond donors (Lipinski definition) is 1. The highest BCUT2D eigenvalue weighted by Gasteiger charge is 2.23. The number of nitrogens with zero attached hydrogens (tertiary/aromatic N) is 1. The Morgan fingerprint density at radius 2 is 1.94 bits per heavy atom. The Morgan fingerprint density at radius 3 is 2.44 bits per heavy atom. The smallest absolute Gasteiger partial charge is 0.0445 e. The largest absolute Gasteiger partial charge is 0.314 e. The first-order valence-electron chi connectivity index (χ1n) is 6.25. The molecule has 1 saturated heterocycles. The molecule has 1 N–H and O–H groups in total. The van der Waals surface area contributed by atoms with Crippen molar-refractivity contribution in [3.05, 3.63) is 22.4 Å². The SMILES string of the molecule is CC(C)C[C@@H](c1cccs1)N1CCNCC1.Cl.Cl. The Hall–Kier alpha value is 0.200. The third-order valence-corrected chi connectivity index (χ3v) is 4.13. The molecule has 2 heterocycles. The van der Waals surface area contributed by atoms with Gasteiger partial charge in [-0.15, -0.1) is 36.2 Å². The van der Waals surface area contributed by atoms with Gasteiger partial charge in [-0.25, -0.2) is 0 Å². The van der Waals surface area contributed by atoms with Crippen molar-refractivity contribution in [2.45, 2.75) is 26.3 Å². The third kappa shape index (κ3) is 5.06. The first-order valence-corrected chi connectivity index (χ1v) is 7.13. The molecule has 2 nitrogen and oxygen atoms in total. The molecule has 0 amide bonds. The van der Waals surface area contributed by atoms with Gasteiger partial charge in [-0.2, -0.15) is 0 Å². The normalized spacial score (nSPS) is 17.9. The summed E-state index contributed by atoms with van der Waals surface area (Å²) in [5.41, 5.74) is 0. The van der Waals surface area contributed by atoms with E-state index in [1.165, 1.54) is 24.4 Å². The lowest BCUT2D eigenvalue weighted by Gasteiger charge is -2.35. The summed E-state index contributed by atoms with van der Waals surface area (Å²) in [7, 11) is 0. The van der Waals surface area contributed by atoms with Crippen LogP contribution in [0.25, 0.3) is 0 Å². The van der Waals surface area contributed by atoms with Gasteiger partial charge in [0.05, 0.1) is 0 Å². The van der Waals surface area contributed by atoms with Crippen LogP contribution in [0.4, 0.5) is 0 Å². The lowest BCUT2D eigenvalue weighted by atomic mass is 10.0. The van der Waals surface area contributed by atoms with E-state index in [-0.39, 0.29) is 24.8 Å². The summed E-state index contributed by atoms with van der Waals surface area (Å²) >= 11 is 1.90. The second kappa shape index (κ2) is 9.16. The molecule has 1 aliphatic heterocycles.